The molecule has 0 aliphatic rings. The first-order chi connectivity index (χ1) is 9.49. The maximum Gasteiger partial charge on any atom is 0.263 e. The standard InChI is InChI=1S/C16H20ClNO2/c1-5-9-18(10-6-2)16(19)13(4)20-15-8-7-14(17)11-12(15)3/h5-8,11,13H,1-2,9-10H2,3-4H3. The molecule has 3 nitrogen and oxygen atoms in total. The van der Waals surface area contributed by atoms with Gasteiger partial charge in [0.25, 0.3) is 5.91 Å². The predicted molar refractivity (Wildman–Crippen MR) is 83.3 cm³/mol. The Hall–Kier alpha value is -1.74. The number of aryl methyl sites for hydroxylation is 1. The van der Waals surface area contributed by atoms with Gasteiger partial charge in [-0.25, -0.2) is 0 Å². The third-order valence-corrected chi connectivity index (χ3v) is 3.03. The lowest BCUT2D eigenvalue weighted by Crippen LogP contribution is -2.40. The van der Waals surface area contributed by atoms with Gasteiger partial charge in [0, 0.05) is 18.1 Å². The molecule has 0 aliphatic carbocycles. The minimum atomic E-state index is -0.574. The highest BCUT2D eigenvalue weighted by Gasteiger charge is 2.20. The number of carbonyl (C=O) groups is 1. The molecular formula is C16H20ClNO2. The second-order valence-corrected chi connectivity index (χ2v) is 4.93. The number of nitrogens with zero attached hydrogens (tertiary/aromatic N) is 1. The lowest BCUT2D eigenvalue weighted by atomic mass is 10.2. The topological polar surface area (TPSA) is 29.5 Å². The van der Waals surface area contributed by atoms with Crippen molar-refractivity contribution in [3.63, 3.8) is 0 Å². The van der Waals surface area contributed by atoms with Crippen molar-refractivity contribution in [2.75, 3.05) is 13.1 Å². The summed E-state index contributed by atoms with van der Waals surface area (Å²) in [6.45, 7) is 11.9. The fraction of sp³-hybridized carbons (Fsp3) is 0.312. The van der Waals surface area contributed by atoms with E-state index in [9.17, 15) is 4.79 Å². The molecule has 20 heavy (non-hydrogen) atoms. The summed E-state index contributed by atoms with van der Waals surface area (Å²) in [5.74, 6) is 0.562. The molecule has 0 aromatic heterocycles. The molecule has 1 atom stereocenters. The van der Waals surface area contributed by atoms with Crippen molar-refractivity contribution in [1.29, 1.82) is 0 Å². The molecule has 0 saturated carbocycles. The largest absolute Gasteiger partial charge is 0.481 e. The molecule has 1 rings (SSSR count). The molecule has 1 aromatic carbocycles. The maximum absolute atomic E-state index is 12.3. The molecule has 1 aromatic rings. The summed E-state index contributed by atoms with van der Waals surface area (Å²) in [7, 11) is 0. The van der Waals surface area contributed by atoms with Gasteiger partial charge in [0.2, 0.25) is 0 Å². The van der Waals surface area contributed by atoms with Crippen LogP contribution in [0.2, 0.25) is 5.02 Å². The molecule has 1 amide bonds. The van der Waals surface area contributed by atoms with Crippen molar-refractivity contribution in [1.82, 2.24) is 4.90 Å². The zero-order valence-corrected chi connectivity index (χ0v) is 12.7. The molecule has 0 fully saturated rings. The average Bonchev–Trinajstić information content (AvgIpc) is 2.40. The third-order valence-electron chi connectivity index (χ3n) is 2.80. The fourth-order valence-corrected chi connectivity index (χ4v) is 2.04. The van der Waals surface area contributed by atoms with E-state index in [0.29, 0.717) is 23.9 Å². The number of amides is 1. The summed E-state index contributed by atoms with van der Waals surface area (Å²) < 4.78 is 5.72. The molecule has 108 valence electrons. The molecule has 0 heterocycles. The van der Waals surface area contributed by atoms with Crippen molar-refractivity contribution in [3.05, 3.63) is 54.1 Å². The van der Waals surface area contributed by atoms with Gasteiger partial charge in [-0.2, -0.15) is 0 Å². The van der Waals surface area contributed by atoms with Crippen LogP contribution >= 0.6 is 11.6 Å². The first kappa shape index (κ1) is 16.3. The van der Waals surface area contributed by atoms with Gasteiger partial charge in [0.05, 0.1) is 0 Å². The van der Waals surface area contributed by atoms with E-state index in [1.807, 2.05) is 6.92 Å². The quantitative estimate of drug-likeness (QED) is 0.719. The fourth-order valence-electron chi connectivity index (χ4n) is 1.81. The van der Waals surface area contributed by atoms with Crippen molar-refractivity contribution < 1.29 is 9.53 Å². The van der Waals surface area contributed by atoms with Gasteiger partial charge >= 0.3 is 0 Å². The molecule has 0 radical (unpaired) electrons. The predicted octanol–water partition coefficient (Wildman–Crippen LogP) is 3.62. The first-order valence-electron chi connectivity index (χ1n) is 6.43. The van der Waals surface area contributed by atoms with Crippen molar-refractivity contribution in [3.8, 4) is 5.75 Å². The Kier molecular flexibility index (Phi) is 6.32. The van der Waals surface area contributed by atoms with Crippen LogP contribution in [0.15, 0.2) is 43.5 Å². The first-order valence-corrected chi connectivity index (χ1v) is 6.80. The van der Waals surface area contributed by atoms with Gasteiger partial charge in [-0.05, 0) is 37.6 Å². The summed E-state index contributed by atoms with van der Waals surface area (Å²) in [5, 5.41) is 0.647. The highest BCUT2D eigenvalue weighted by Crippen LogP contribution is 2.23. The molecule has 0 spiro atoms. The molecule has 0 N–H and O–H groups in total. The van der Waals surface area contributed by atoms with Crippen LogP contribution < -0.4 is 4.74 Å². The highest BCUT2D eigenvalue weighted by molar-refractivity contribution is 6.30. The zero-order valence-electron chi connectivity index (χ0n) is 11.9. The number of ether oxygens (including phenoxy) is 1. The number of rotatable bonds is 7. The zero-order chi connectivity index (χ0) is 15.1. The van der Waals surface area contributed by atoms with Crippen LogP contribution in [0.5, 0.6) is 5.75 Å². The number of hydrogen-bond acceptors (Lipinski definition) is 2. The lowest BCUT2D eigenvalue weighted by molar-refractivity contribution is -0.136. The average molecular weight is 294 g/mol. The summed E-state index contributed by atoms with van der Waals surface area (Å²) in [4.78, 5) is 13.9. The van der Waals surface area contributed by atoms with Crippen LogP contribution in [0.1, 0.15) is 12.5 Å². The van der Waals surface area contributed by atoms with E-state index in [-0.39, 0.29) is 5.91 Å². The van der Waals surface area contributed by atoms with E-state index in [4.69, 9.17) is 16.3 Å². The Labute approximate surface area is 125 Å². The van der Waals surface area contributed by atoms with Crippen LogP contribution in [0.4, 0.5) is 0 Å². The minimum Gasteiger partial charge on any atom is -0.481 e. The van der Waals surface area contributed by atoms with E-state index in [2.05, 4.69) is 13.2 Å². The maximum atomic E-state index is 12.3. The van der Waals surface area contributed by atoms with E-state index in [0.717, 1.165) is 5.56 Å². The smallest absolute Gasteiger partial charge is 0.263 e. The van der Waals surface area contributed by atoms with E-state index in [1.165, 1.54) is 0 Å². The van der Waals surface area contributed by atoms with E-state index in [1.54, 1.807) is 42.2 Å². The van der Waals surface area contributed by atoms with Crippen LogP contribution in [-0.4, -0.2) is 30.0 Å². The molecule has 0 saturated heterocycles. The number of hydrogen-bond donors (Lipinski definition) is 0. The van der Waals surface area contributed by atoms with E-state index >= 15 is 0 Å². The van der Waals surface area contributed by atoms with Gasteiger partial charge in [-0.15, -0.1) is 13.2 Å². The Morgan fingerprint density at radius 1 is 1.40 bits per heavy atom. The van der Waals surface area contributed by atoms with Crippen molar-refractivity contribution in [2.45, 2.75) is 20.0 Å². The number of halogens is 1. The van der Waals surface area contributed by atoms with Crippen LogP contribution in [0, 0.1) is 6.92 Å². The Balaban J connectivity index is 2.77. The molecule has 1 unspecified atom stereocenters. The lowest BCUT2D eigenvalue weighted by Gasteiger charge is -2.24. The highest BCUT2D eigenvalue weighted by atomic mass is 35.5. The molecule has 4 heteroatoms. The minimum absolute atomic E-state index is 0.0980. The van der Waals surface area contributed by atoms with Crippen LogP contribution in [0.3, 0.4) is 0 Å². The van der Waals surface area contributed by atoms with Gasteiger partial charge in [0.1, 0.15) is 5.75 Å². The summed E-state index contributed by atoms with van der Waals surface area (Å²) >= 11 is 5.90. The molecule has 0 aliphatic heterocycles. The number of benzene rings is 1. The van der Waals surface area contributed by atoms with Crippen LogP contribution in [0.25, 0.3) is 0 Å². The Morgan fingerprint density at radius 3 is 2.50 bits per heavy atom. The summed E-state index contributed by atoms with van der Waals surface area (Å²) in [5.41, 5.74) is 0.899. The Morgan fingerprint density at radius 2 is 2.00 bits per heavy atom. The van der Waals surface area contributed by atoms with Crippen molar-refractivity contribution in [2.24, 2.45) is 0 Å². The van der Waals surface area contributed by atoms with E-state index < -0.39 is 6.10 Å². The second-order valence-electron chi connectivity index (χ2n) is 4.49. The monoisotopic (exact) mass is 293 g/mol. The normalized spacial score (nSPS) is 11.6. The van der Waals surface area contributed by atoms with Gasteiger partial charge in [0.15, 0.2) is 6.10 Å². The SMILES string of the molecule is C=CCN(CC=C)C(=O)C(C)Oc1ccc(Cl)cc1C. The third kappa shape index (κ3) is 4.42. The van der Waals surface area contributed by atoms with Crippen LogP contribution in [-0.2, 0) is 4.79 Å². The van der Waals surface area contributed by atoms with Gasteiger partial charge in [-0.1, -0.05) is 23.8 Å². The van der Waals surface area contributed by atoms with Crippen molar-refractivity contribution >= 4 is 17.5 Å². The molecule has 0 bridgehead atoms. The van der Waals surface area contributed by atoms with Gasteiger partial charge in [-0.3, -0.25) is 4.79 Å². The Bertz CT molecular complexity index is 489. The second kappa shape index (κ2) is 7.75. The summed E-state index contributed by atoms with van der Waals surface area (Å²) in [6.07, 6.45) is 2.79. The van der Waals surface area contributed by atoms with Gasteiger partial charge < -0.3 is 9.64 Å². The summed E-state index contributed by atoms with van der Waals surface area (Å²) in [6, 6.07) is 5.32. The molecular weight excluding hydrogens is 274 g/mol. The number of carbonyl (C=O) groups excluding carboxylic acids is 1.